The van der Waals surface area contributed by atoms with Gasteiger partial charge in [0.1, 0.15) is 0 Å². The monoisotopic (exact) mass is 363 g/mol. The molecule has 1 saturated heterocycles. The fraction of sp³-hybridized carbons (Fsp3) is 0.409. The highest BCUT2D eigenvalue weighted by Gasteiger charge is 2.52. The quantitative estimate of drug-likeness (QED) is 0.816. The molecule has 2 aromatic carbocycles. The van der Waals surface area contributed by atoms with Crippen LogP contribution in [0.4, 0.5) is 0 Å². The SMILES string of the molecule is COc1cccc2c1OC1(CCN(C)CC1)N1N=C(c3ccccc3)C[C@@H]21. The predicted molar refractivity (Wildman–Crippen MR) is 105 cm³/mol. The lowest BCUT2D eigenvalue weighted by Crippen LogP contribution is -2.58. The van der Waals surface area contributed by atoms with E-state index < -0.39 is 5.72 Å². The number of likely N-dealkylation sites (tertiary alicyclic amines) is 1. The summed E-state index contributed by atoms with van der Waals surface area (Å²) in [4.78, 5) is 2.36. The minimum Gasteiger partial charge on any atom is -0.493 e. The number of hydrogen-bond donors (Lipinski definition) is 0. The Balaban J connectivity index is 1.61. The van der Waals surface area contributed by atoms with E-state index in [4.69, 9.17) is 14.6 Å². The Morgan fingerprint density at radius 2 is 1.85 bits per heavy atom. The van der Waals surface area contributed by atoms with E-state index in [9.17, 15) is 0 Å². The van der Waals surface area contributed by atoms with Crippen LogP contribution in [0.3, 0.4) is 0 Å². The zero-order chi connectivity index (χ0) is 18.4. The Bertz CT molecular complexity index is 872. The molecule has 27 heavy (non-hydrogen) atoms. The standard InChI is InChI=1S/C22H25N3O2/c1-24-13-11-22(12-14-24)25-19(15-18(23-25)16-7-4-3-5-8-16)17-9-6-10-20(26-2)21(17)27-22/h3-10,19H,11-15H2,1-2H3/t19-/m0/s1. The second-order valence-electron chi connectivity index (χ2n) is 7.71. The highest BCUT2D eigenvalue weighted by molar-refractivity contribution is 6.02. The molecule has 2 aromatic rings. The fourth-order valence-corrected chi connectivity index (χ4v) is 4.53. The van der Waals surface area contributed by atoms with Crippen LogP contribution in [0.15, 0.2) is 53.6 Å². The summed E-state index contributed by atoms with van der Waals surface area (Å²) in [6.07, 6.45) is 2.76. The van der Waals surface area contributed by atoms with Crippen molar-refractivity contribution in [2.45, 2.75) is 31.0 Å². The van der Waals surface area contributed by atoms with Gasteiger partial charge in [0, 0.05) is 37.9 Å². The lowest BCUT2D eigenvalue weighted by molar-refractivity contribution is -0.148. The maximum atomic E-state index is 6.70. The molecule has 5 rings (SSSR count). The van der Waals surface area contributed by atoms with Crippen LogP contribution in [0, 0.1) is 0 Å². The van der Waals surface area contributed by atoms with Crippen LogP contribution in [0.5, 0.6) is 11.5 Å². The van der Waals surface area contributed by atoms with E-state index in [0.717, 1.165) is 49.6 Å². The molecule has 1 fully saturated rings. The van der Waals surface area contributed by atoms with Crippen molar-refractivity contribution in [2.24, 2.45) is 5.10 Å². The molecule has 0 amide bonds. The molecular weight excluding hydrogens is 338 g/mol. The Morgan fingerprint density at radius 3 is 2.59 bits per heavy atom. The van der Waals surface area contributed by atoms with E-state index in [1.807, 2.05) is 18.2 Å². The summed E-state index contributed by atoms with van der Waals surface area (Å²) >= 11 is 0. The van der Waals surface area contributed by atoms with Gasteiger partial charge in [-0.25, -0.2) is 5.01 Å². The second kappa shape index (κ2) is 6.27. The number of nitrogens with zero attached hydrogens (tertiary/aromatic N) is 3. The molecule has 140 valence electrons. The van der Waals surface area contributed by atoms with Gasteiger partial charge in [0.25, 0.3) is 0 Å². The Kier molecular flexibility index (Phi) is 3.86. The Morgan fingerprint density at radius 1 is 1.07 bits per heavy atom. The summed E-state index contributed by atoms with van der Waals surface area (Å²) in [5.41, 5.74) is 3.11. The van der Waals surface area contributed by atoms with E-state index in [2.05, 4.69) is 47.3 Å². The highest BCUT2D eigenvalue weighted by atomic mass is 16.5. The minimum absolute atomic E-state index is 0.197. The first-order valence-corrected chi connectivity index (χ1v) is 9.67. The molecule has 0 aromatic heterocycles. The van der Waals surface area contributed by atoms with Crippen LogP contribution < -0.4 is 9.47 Å². The van der Waals surface area contributed by atoms with Crippen LogP contribution >= 0.6 is 0 Å². The number of ether oxygens (including phenoxy) is 2. The molecule has 0 N–H and O–H groups in total. The predicted octanol–water partition coefficient (Wildman–Crippen LogP) is 3.66. The normalized spacial score (nSPS) is 23.4. The van der Waals surface area contributed by atoms with Gasteiger partial charge in [-0.15, -0.1) is 0 Å². The molecule has 1 spiro atoms. The van der Waals surface area contributed by atoms with Gasteiger partial charge in [-0.3, -0.25) is 0 Å². The zero-order valence-corrected chi connectivity index (χ0v) is 15.9. The van der Waals surface area contributed by atoms with Crippen LogP contribution in [0.25, 0.3) is 0 Å². The van der Waals surface area contributed by atoms with Crippen molar-refractivity contribution in [2.75, 3.05) is 27.2 Å². The molecule has 0 radical (unpaired) electrons. The number of hydrogen-bond acceptors (Lipinski definition) is 5. The average Bonchev–Trinajstić information content (AvgIpc) is 3.17. The van der Waals surface area contributed by atoms with E-state index >= 15 is 0 Å². The molecule has 5 heteroatoms. The number of rotatable bonds is 2. The number of piperidine rings is 1. The van der Waals surface area contributed by atoms with Crippen molar-refractivity contribution in [1.29, 1.82) is 0 Å². The van der Waals surface area contributed by atoms with Gasteiger partial charge in [0.05, 0.1) is 18.9 Å². The third-order valence-electron chi connectivity index (χ3n) is 6.08. The Labute approximate surface area is 160 Å². The number of hydrazone groups is 1. The summed E-state index contributed by atoms with van der Waals surface area (Å²) < 4.78 is 12.3. The fourth-order valence-electron chi connectivity index (χ4n) is 4.53. The molecule has 3 heterocycles. The van der Waals surface area contributed by atoms with E-state index in [0.29, 0.717) is 0 Å². The smallest absolute Gasteiger partial charge is 0.200 e. The molecule has 0 aliphatic carbocycles. The van der Waals surface area contributed by atoms with Crippen molar-refractivity contribution in [1.82, 2.24) is 9.91 Å². The van der Waals surface area contributed by atoms with Crippen molar-refractivity contribution in [3.63, 3.8) is 0 Å². The molecule has 1 atom stereocenters. The van der Waals surface area contributed by atoms with Crippen LogP contribution in [0.2, 0.25) is 0 Å². The number of fused-ring (bicyclic) bond motifs is 4. The van der Waals surface area contributed by atoms with Crippen molar-refractivity contribution < 1.29 is 9.47 Å². The first-order valence-electron chi connectivity index (χ1n) is 9.67. The first kappa shape index (κ1) is 16.6. The maximum Gasteiger partial charge on any atom is 0.200 e. The Hall–Kier alpha value is -2.53. The topological polar surface area (TPSA) is 37.3 Å². The van der Waals surface area contributed by atoms with Crippen molar-refractivity contribution >= 4 is 5.71 Å². The van der Waals surface area contributed by atoms with Crippen LogP contribution in [-0.2, 0) is 0 Å². The van der Waals surface area contributed by atoms with Gasteiger partial charge in [-0.1, -0.05) is 42.5 Å². The van der Waals surface area contributed by atoms with E-state index in [-0.39, 0.29) is 6.04 Å². The van der Waals surface area contributed by atoms with Crippen molar-refractivity contribution in [3.8, 4) is 11.5 Å². The molecule has 0 bridgehead atoms. The molecule has 0 saturated carbocycles. The third-order valence-corrected chi connectivity index (χ3v) is 6.08. The van der Waals surface area contributed by atoms with Gasteiger partial charge in [0.15, 0.2) is 11.5 Å². The highest BCUT2D eigenvalue weighted by Crippen LogP contribution is 2.52. The number of para-hydroxylation sites is 1. The zero-order valence-electron chi connectivity index (χ0n) is 15.9. The third kappa shape index (κ3) is 2.60. The molecular formula is C22H25N3O2. The van der Waals surface area contributed by atoms with Gasteiger partial charge in [-0.05, 0) is 18.7 Å². The summed E-state index contributed by atoms with van der Waals surface area (Å²) in [5.74, 6) is 1.72. The lowest BCUT2D eigenvalue weighted by atomic mass is 9.90. The largest absolute Gasteiger partial charge is 0.493 e. The summed E-state index contributed by atoms with van der Waals surface area (Å²) in [7, 11) is 3.89. The average molecular weight is 363 g/mol. The van der Waals surface area contributed by atoms with E-state index in [1.165, 1.54) is 11.1 Å². The first-order chi connectivity index (χ1) is 13.2. The molecule has 0 unspecified atom stereocenters. The number of methoxy groups -OCH3 is 1. The summed E-state index contributed by atoms with van der Waals surface area (Å²) in [6.45, 7) is 2.01. The van der Waals surface area contributed by atoms with Crippen LogP contribution in [-0.4, -0.2) is 48.6 Å². The second-order valence-corrected chi connectivity index (χ2v) is 7.71. The summed E-state index contributed by atoms with van der Waals surface area (Å²) in [6, 6.07) is 16.9. The molecule has 5 nitrogen and oxygen atoms in total. The van der Waals surface area contributed by atoms with E-state index in [1.54, 1.807) is 7.11 Å². The number of benzene rings is 2. The van der Waals surface area contributed by atoms with Gasteiger partial charge >= 0.3 is 0 Å². The summed E-state index contributed by atoms with van der Waals surface area (Å²) in [5, 5.41) is 7.36. The van der Waals surface area contributed by atoms with Crippen LogP contribution in [0.1, 0.15) is 36.4 Å². The molecule has 3 aliphatic heterocycles. The van der Waals surface area contributed by atoms with Gasteiger partial charge in [0.2, 0.25) is 5.72 Å². The molecule has 3 aliphatic rings. The minimum atomic E-state index is -0.394. The van der Waals surface area contributed by atoms with Crippen molar-refractivity contribution in [3.05, 3.63) is 59.7 Å². The van der Waals surface area contributed by atoms with Gasteiger partial charge in [-0.2, -0.15) is 5.10 Å². The maximum absolute atomic E-state index is 6.70. The van der Waals surface area contributed by atoms with Gasteiger partial charge < -0.3 is 14.4 Å². The lowest BCUT2D eigenvalue weighted by Gasteiger charge is -2.50.